The molecule has 0 unspecified atom stereocenters. The van der Waals surface area contributed by atoms with Crippen molar-refractivity contribution >= 4 is 50.2 Å². The number of benzene rings is 2. The molecule has 6 heteroatoms. The first-order chi connectivity index (χ1) is 9.02. The summed E-state index contributed by atoms with van der Waals surface area (Å²) in [4.78, 5) is 7.47. The van der Waals surface area contributed by atoms with E-state index in [1.807, 2.05) is 0 Å². The number of hydrogen-bond acceptors (Lipinski definition) is 1. The van der Waals surface area contributed by atoms with E-state index in [1.54, 1.807) is 18.2 Å². The van der Waals surface area contributed by atoms with E-state index in [0.717, 1.165) is 5.52 Å². The van der Waals surface area contributed by atoms with Crippen LogP contribution >= 0.6 is 39.1 Å². The summed E-state index contributed by atoms with van der Waals surface area (Å²) in [7, 11) is 0. The number of H-pyrrole nitrogens is 1. The van der Waals surface area contributed by atoms with Gasteiger partial charge in [-0.3, -0.25) is 0 Å². The Morgan fingerprint density at radius 1 is 1.05 bits per heavy atom. The highest BCUT2D eigenvalue weighted by Gasteiger charge is 2.09. The fourth-order valence-electron chi connectivity index (χ4n) is 1.83. The fraction of sp³-hybridized carbons (Fsp3) is 0. The summed E-state index contributed by atoms with van der Waals surface area (Å²) >= 11 is 15.1. The molecule has 96 valence electrons. The second-order valence-electron chi connectivity index (χ2n) is 4.03. The van der Waals surface area contributed by atoms with Gasteiger partial charge in [-0.25, -0.2) is 9.37 Å². The molecule has 2 aromatic carbocycles. The number of halogens is 4. The number of nitrogens with zero attached hydrogens (tertiary/aromatic N) is 1. The molecule has 1 heterocycles. The lowest BCUT2D eigenvalue weighted by atomic mass is 10.2. The maximum absolute atomic E-state index is 13.4. The van der Waals surface area contributed by atoms with E-state index < -0.39 is 0 Å². The van der Waals surface area contributed by atoms with Crippen LogP contribution in [0.1, 0.15) is 0 Å². The van der Waals surface area contributed by atoms with Gasteiger partial charge in [0.2, 0.25) is 0 Å². The predicted octanol–water partition coefficient (Wildman–Crippen LogP) is 5.44. The zero-order valence-corrected chi connectivity index (χ0v) is 12.4. The Morgan fingerprint density at radius 2 is 1.79 bits per heavy atom. The molecule has 0 aliphatic rings. The topological polar surface area (TPSA) is 28.7 Å². The van der Waals surface area contributed by atoms with Gasteiger partial charge in [0.05, 0.1) is 21.1 Å². The number of aromatic amines is 1. The van der Waals surface area contributed by atoms with E-state index >= 15 is 0 Å². The molecule has 0 saturated carbocycles. The van der Waals surface area contributed by atoms with Gasteiger partial charge >= 0.3 is 0 Å². The van der Waals surface area contributed by atoms with Crippen LogP contribution in [0, 0.1) is 5.82 Å². The number of imidazole rings is 1. The molecular formula is C13H6BrCl2FN2. The Kier molecular flexibility index (Phi) is 3.25. The molecule has 0 saturated heterocycles. The van der Waals surface area contributed by atoms with Crippen molar-refractivity contribution in [3.05, 3.63) is 50.7 Å². The first-order valence-electron chi connectivity index (χ1n) is 5.34. The molecule has 1 N–H and O–H groups in total. The van der Waals surface area contributed by atoms with Crippen LogP contribution in [-0.4, -0.2) is 9.97 Å². The summed E-state index contributed by atoms with van der Waals surface area (Å²) in [5, 5.41) is 0.887. The highest BCUT2D eigenvalue weighted by Crippen LogP contribution is 2.29. The summed E-state index contributed by atoms with van der Waals surface area (Å²) in [6.07, 6.45) is 0. The van der Waals surface area contributed by atoms with Crippen molar-refractivity contribution in [2.75, 3.05) is 0 Å². The fourth-order valence-corrected chi connectivity index (χ4v) is 2.62. The van der Waals surface area contributed by atoms with Crippen LogP contribution in [0.5, 0.6) is 0 Å². The normalized spacial score (nSPS) is 11.2. The van der Waals surface area contributed by atoms with E-state index in [9.17, 15) is 4.39 Å². The summed E-state index contributed by atoms with van der Waals surface area (Å²) in [5.41, 5.74) is 2.09. The van der Waals surface area contributed by atoms with Gasteiger partial charge < -0.3 is 4.98 Å². The van der Waals surface area contributed by atoms with Crippen LogP contribution < -0.4 is 0 Å². The Hall–Kier alpha value is -1.10. The second-order valence-corrected chi connectivity index (χ2v) is 5.76. The summed E-state index contributed by atoms with van der Waals surface area (Å²) in [5.74, 6) is 0.231. The molecule has 0 atom stereocenters. The van der Waals surface area contributed by atoms with Crippen molar-refractivity contribution in [2.45, 2.75) is 0 Å². The summed E-state index contributed by atoms with van der Waals surface area (Å²) in [6.45, 7) is 0. The minimum Gasteiger partial charge on any atom is -0.338 e. The van der Waals surface area contributed by atoms with E-state index in [4.69, 9.17) is 23.2 Å². The van der Waals surface area contributed by atoms with Crippen LogP contribution in [-0.2, 0) is 0 Å². The van der Waals surface area contributed by atoms with Crippen molar-refractivity contribution in [2.24, 2.45) is 0 Å². The maximum atomic E-state index is 13.4. The van der Waals surface area contributed by atoms with Gasteiger partial charge in [0, 0.05) is 10.0 Å². The quantitative estimate of drug-likeness (QED) is 0.615. The number of aromatic nitrogens is 2. The molecule has 0 fully saturated rings. The van der Waals surface area contributed by atoms with Crippen LogP contribution in [0.2, 0.25) is 10.0 Å². The van der Waals surface area contributed by atoms with Gasteiger partial charge in [0.15, 0.2) is 0 Å². The largest absolute Gasteiger partial charge is 0.338 e. The molecule has 0 radical (unpaired) electrons. The predicted molar refractivity (Wildman–Crippen MR) is 79.2 cm³/mol. The molecule has 19 heavy (non-hydrogen) atoms. The first kappa shape index (κ1) is 12.9. The Bertz CT molecular complexity index is 726. The van der Waals surface area contributed by atoms with Gasteiger partial charge in [0.25, 0.3) is 0 Å². The summed E-state index contributed by atoms with van der Waals surface area (Å²) < 4.78 is 14.0. The SMILES string of the molecule is Fc1cc(Br)cc(-c2nc3cc(Cl)c(Cl)cc3[nH]2)c1. The zero-order valence-electron chi connectivity index (χ0n) is 9.35. The zero-order chi connectivity index (χ0) is 13.6. The number of nitrogens with one attached hydrogen (secondary N) is 1. The van der Waals surface area contributed by atoms with Gasteiger partial charge in [0.1, 0.15) is 11.6 Å². The molecule has 1 aromatic heterocycles. The smallest absolute Gasteiger partial charge is 0.138 e. The van der Waals surface area contributed by atoms with Crippen LogP contribution in [0.3, 0.4) is 0 Å². The average molecular weight is 360 g/mol. The highest BCUT2D eigenvalue weighted by molar-refractivity contribution is 9.10. The summed E-state index contributed by atoms with van der Waals surface area (Å²) in [6, 6.07) is 7.95. The van der Waals surface area contributed by atoms with Crippen molar-refractivity contribution < 1.29 is 4.39 Å². The maximum Gasteiger partial charge on any atom is 0.138 e. The lowest BCUT2D eigenvalue weighted by molar-refractivity contribution is 0.627. The third-order valence-electron chi connectivity index (χ3n) is 2.66. The minimum absolute atomic E-state index is 0.333. The van der Waals surface area contributed by atoms with Gasteiger partial charge in [-0.05, 0) is 30.3 Å². The second kappa shape index (κ2) is 4.78. The lowest BCUT2D eigenvalue weighted by Crippen LogP contribution is -1.83. The number of fused-ring (bicyclic) bond motifs is 1. The van der Waals surface area contributed by atoms with E-state index in [-0.39, 0.29) is 5.82 Å². The average Bonchev–Trinajstić information content (AvgIpc) is 2.71. The van der Waals surface area contributed by atoms with Crippen molar-refractivity contribution in [3.8, 4) is 11.4 Å². The van der Waals surface area contributed by atoms with Gasteiger partial charge in [-0.15, -0.1) is 0 Å². The Labute approximate surface area is 126 Å². The molecule has 0 aliphatic carbocycles. The van der Waals surface area contributed by atoms with E-state index in [2.05, 4.69) is 25.9 Å². The lowest BCUT2D eigenvalue weighted by Gasteiger charge is -1.98. The molecule has 2 nitrogen and oxygen atoms in total. The molecular weight excluding hydrogens is 354 g/mol. The van der Waals surface area contributed by atoms with E-state index in [1.165, 1.54) is 12.1 Å². The van der Waals surface area contributed by atoms with E-state index in [0.29, 0.717) is 31.4 Å². The van der Waals surface area contributed by atoms with Crippen molar-refractivity contribution in [3.63, 3.8) is 0 Å². The standard InChI is InChI=1S/C13H6BrCl2FN2/c14-7-1-6(2-8(17)3-7)13-18-11-4-9(15)10(16)5-12(11)19-13/h1-5H,(H,18,19). The van der Waals surface area contributed by atoms with Crippen molar-refractivity contribution in [1.82, 2.24) is 9.97 Å². The van der Waals surface area contributed by atoms with Crippen LogP contribution in [0.4, 0.5) is 4.39 Å². The number of rotatable bonds is 1. The van der Waals surface area contributed by atoms with Crippen LogP contribution in [0.25, 0.3) is 22.4 Å². The van der Waals surface area contributed by atoms with Crippen LogP contribution in [0.15, 0.2) is 34.8 Å². The Morgan fingerprint density at radius 3 is 2.53 bits per heavy atom. The molecule has 0 aliphatic heterocycles. The van der Waals surface area contributed by atoms with Crippen molar-refractivity contribution in [1.29, 1.82) is 0 Å². The van der Waals surface area contributed by atoms with Gasteiger partial charge in [-0.1, -0.05) is 39.1 Å². The third-order valence-corrected chi connectivity index (χ3v) is 3.84. The third kappa shape index (κ3) is 2.48. The molecule has 0 spiro atoms. The molecule has 3 rings (SSSR count). The highest BCUT2D eigenvalue weighted by atomic mass is 79.9. The molecule has 3 aromatic rings. The minimum atomic E-state index is -0.333. The Balaban J connectivity index is 2.20. The van der Waals surface area contributed by atoms with Gasteiger partial charge in [-0.2, -0.15) is 0 Å². The monoisotopic (exact) mass is 358 g/mol. The molecule has 0 amide bonds. The number of hydrogen-bond donors (Lipinski definition) is 1. The molecule has 0 bridgehead atoms. The first-order valence-corrected chi connectivity index (χ1v) is 6.89.